The van der Waals surface area contributed by atoms with Gasteiger partial charge in [-0.1, -0.05) is 24.3 Å². The minimum atomic E-state index is 0.0409. The van der Waals surface area contributed by atoms with Gasteiger partial charge in [0.15, 0.2) is 0 Å². The molecule has 0 heterocycles. The number of phenols is 1. The molecule has 0 spiro atoms. The van der Waals surface area contributed by atoms with E-state index in [0.29, 0.717) is 11.4 Å². The third-order valence-corrected chi connectivity index (χ3v) is 3.81. The van der Waals surface area contributed by atoms with Crippen molar-refractivity contribution in [3.8, 4) is 11.5 Å². The molecule has 0 aliphatic heterocycles. The summed E-state index contributed by atoms with van der Waals surface area (Å²) in [6.07, 6.45) is 0. The summed E-state index contributed by atoms with van der Waals surface area (Å²) < 4.78 is 5.32. The molecule has 3 aromatic rings. The fraction of sp³-hybridized carbons (Fsp3) is 0.158. The summed E-state index contributed by atoms with van der Waals surface area (Å²) in [7, 11) is 5.55. The van der Waals surface area contributed by atoms with Gasteiger partial charge in [0.25, 0.3) is 0 Å². The number of phenolic OH excluding ortho intramolecular Hbond substituents is 1. The van der Waals surface area contributed by atoms with E-state index in [4.69, 9.17) is 4.74 Å². The van der Waals surface area contributed by atoms with Gasteiger partial charge in [0, 0.05) is 36.6 Å². The summed E-state index contributed by atoms with van der Waals surface area (Å²) in [6.45, 7) is 0. The van der Waals surface area contributed by atoms with Gasteiger partial charge in [-0.15, -0.1) is 5.11 Å². The van der Waals surface area contributed by atoms with E-state index in [9.17, 15) is 5.11 Å². The van der Waals surface area contributed by atoms with Crippen LogP contribution >= 0.6 is 0 Å². The van der Waals surface area contributed by atoms with Crippen LogP contribution in [0.2, 0.25) is 0 Å². The van der Waals surface area contributed by atoms with Crippen molar-refractivity contribution in [1.82, 2.24) is 0 Å². The van der Waals surface area contributed by atoms with Crippen molar-refractivity contribution in [2.75, 3.05) is 26.1 Å². The second kappa shape index (κ2) is 6.58. The van der Waals surface area contributed by atoms with Crippen LogP contribution in [0.15, 0.2) is 64.8 Å². The van der Waals surface area contributed by atoms with E-state index in [1.807, 2.05) is 67.5 Å². The Morgan fingerprint density at radius 1 is 0.917 bits per heavy atom. The van der Waals surface area contributed by atoms with Crippen molar-refractivity contribution in [1.29, 1.82) is 0 Å². The molecule has 0 saturated heterocycles. The first-order chi connectivity index (χ1) is 11.6. The highest BCUT2D eigenvalue weighted by Gasteiger charge is 2.11. The Balaban J connectivity index is 2.02. The van der Waals surface area contributed by atoms with Crippen molar-refractivity contribution in [3.63, 3.8) is 0 Å². The van der Waals surface area contributed by atoms with Gasteiger partial charge < -0.3 is 14.7 Å². The van der Waals surface area contributed by atoms with E-state index in [1.165, 1.54) is 0 Å². The van der Waals surface area contributed by atoms with E-state index in [1.54, 1.807) is 13.2 Å². The van der Waals surface area contributed by atoms with Crippen molar-refractivity contribution < 1.29 is 9.84 Å². The molecule has 0 unspecified atom stereocenters. The van der Waals surface area contributed by atoms with Crippen LogP contribution < -0.4 is 9.64 Å². The Labute approximate surface area is 140 Å². The molecule has 5 nitrogen and oxygen atoms in total. The van der Waals surface area contributed by atoms with Gasteiger partial charge in [-0.3, -0.25) is 0 Å². The Hall–Kier alpha value is -3.08. The number of fused-ring (bicyclic) bond motifs is 1. The van der Waals surface area contributed by atoms with E-state index in [2.05, 4.69) is 10.2 Å². The second-order valence-corrected chi connectivity index (χ2v) is 5.60. The number of aromatic hydroxyl groups is 1. The molecule has 0 amide bonds. The smallest absolute Gasteiger partial charge is 0.147 e. The van der Waals surface area contributed by atoms with E-state index in [0.717, 1.165) is 22.1 Å². The number of benzene rings is 3. The lowest BCUT2D eigenvalue weighted by atomic mass is 10.1. The van der Waals surface area contributed by atoms with Crippen LogP contribution in [0, 0.1) is 0 Å². The number of anilines is 1. The molecular weight excluding hydrogens is 302 g/mol. The van der Waals surface area contributed by atoms with E-state index < -0.39 is 0 Å². The maximum absolute atomic E-state index is 10.3. The minimum Gasteiger partial charge on any atom is -0.505 e. The molecular formula is C19H19N3O2. The van der Waals surface area contributed by atoms with Gasteiger partial charge in [-0.05, 0) is 24.3 Å². The lowest BCUT2D eigenvalue weighted by Gasteiger charge is -2.11. The summed E-state index contributed by atoms with van der Waals surface area (Å²) in [5.41, 5.74) is 2.25. The quantitative estimate of drug-likeness (QED) is 0.685. The Morgan fingerprint density at radius 3 is 2.21 bits per heavy atom. The zero-order chi connectivity index (χ0) is 17.1. The predicted octanol–water partition coefficient (Wildman–Crippen LogP) is 5.04. The first-order valence-electron chi connectivity index (χ1n) is 7.58. The minimum absolute atomic E-state index is 0.0409. The zero-order valence-corrected chi connectivity index (χ0v) is 13.9. The van der Waals surface area contributed by atoms with Crippen molar-refractivity contribution >= 4 is 27.8 Å². The molecule has 0 aliphatic carbocycles. The summed E-state index contributed by atoms with van der Waals surface area (Å²) in [6, 6.07) is 16.9. The third-order valence-electron chi connectivity index (χ3n) is 3.81. The molecule has 122 valence electrons. The maximum Gasteiger partial charge on any atom is 0.147 e. The molecule has 24 heavy (non-hydrogen) atoms. The molecule has 1 N–H and O–H groups in total. The summed E-state index contributed by atoms with van der Waals surface area (Å²) in [5, 5.41) is 20.5. The van der Waals surface area contributed by atoms with Gasteiger partial charge in [-0.2, -0.15) is 5.11 Å². The number of ether oxygens (including phenoxy) is 1. The monoisotopic (exact) mass is 321 g/mol. The Kier molecular flexibility index (Phi) is 4.33. The normalized spacial score (nSPS) is 11.1. The topological polar surface area (TPSA) is 57.4 Å². The average Bonchev–Trinajstić information content (AvgIpc) is 2.60. The molecule has 0 bridgehead atoms. The number of methoxy groups -OCH3 is 1. The Morgan fingerprint density at radius 2 is 1.58 bits per heavy atom. The lowest BCUT2D eigenvalue weighted by Crippen LogP contribution is -2.07. The SMILES string of the molecule is COc1cc(O)c(N=Nc2ccc(N(C)C)cc2)c2ccccc12. The predicted molar refractivity (Wildman–Crippen MR) is 97.1 cm³/mol. The fourth-order valence-corrected chi connectivity index (χ4v) is 2.51. The summed E-state index contributed by atoms with van der Waals surface area (Å²) in [4.78, 5) is 2.02. The first kappa shape index (κ1) is 15.8. The highest BCUT2D eigenvalue weighted by Crippen LogP contribution is 2.41. The van der Waals surface area contributed by atoms with Crippen LogP contribution in [0.25, 0.3) is 10.8 Å². The van der Waals surface area contributed by atoms with Gasteiger partial charge in [-0.25, -0.2) is 0 Å². The van der Waals surface area contributed by atoms with Gasteiger partial charge in [0.1, 0.15) is 17.2 Å². The lowest BCUT2D eigenvalue weighted by molar-refractivity contribution is 0.413. The molecule has 3 rings (SSSR count). The molecule has 0 radical (unpaired) electrons. The van der Waals surface area contributed by atoms with Crippen LogP contribution in [0.3, 0.4) is 0 Å². The number of nitrogens with zero attached hydrogens (tertiary/aromatic N) is 3. The van der Waals surface area contributed by atoms with Gasteiger partial charge >= 0.3 is 0 Å². The number of azo groups is 1. The van der Waals surface area contributed by atoms with Crippen LogP contribution in [0.1, 0.15) is 0 Å². The van der Waals surface area contributed by atoms with Crippen LogP contribution in [0.4, 0.5) is 17.1 Å². The molecule has 0 aliphatic rings. The maximum atomic E-state index is 10.3. The third kappa shape index (κ3) is 3.01. The van der Waals surface area contributed by atoms with Gasteiger partial charge in [0.05, 0.1) is 12.8 Å². The van der Waals surface area contributed by atoms with E-state index >= 15 is 0 Å². The molecule has 0 atom stereocenters. The summed E-state index contributed by atoms with van der Waals surface area (Å²) >= 11 is 0. The summed E-state index contributed by atoms with van der Waals surface area (Å²) in [5.74, 6) is 0.650. The zero-order valence-electron chi connectivity index (χ0n) is 13.9. The molecule has 0 fully saturated rings. The number of rotatable bonds is 4. The van der Waals surface area contributed by atoms with E-state index in [-0.39, 0.29) is 5.75 Å². The van der Waals surface area contributed by atoms with Crippen LogP contribution in [0.5, 0.6) is 11.5 Å². The Bertz CT molecular complexity index is 887. The largest absolute Gasteiger partial charge is 0.505 e. The second-order valence-electron chi connectivity index (χ2n) is 5.60. The van der Waals surface area contributed by atoms with Crippen molar-refractivity contribution in [3.05, 3.63) is 54.6 Å². The fourth-order valence-electron chi connectivity index (χ4n) is 2.51. The standard InChI is InChI=1S/C19H19N3O2/c1-22(2)14-10-8-13(9-11-14)20-21-19-16-7-5-4-6-15(16)18(24-3)12-17(19)23/h4-12,23H,1-3H3. The van der Waals surface area contributed by atoms with Crippen molar-refractivity contribution in [2.24, 2.45) is 10.2 Å². The number of hydrogen-bond donors (Lipinski definition) is 1. The van der Waals surface area contributed by atoms with Gasteiger partial charge in [0.2, 0.25) is 0 Å². The number of hydrogen-bond acceptors (Lipinski definition) is 5. The molecule has 0 aromatic heterocycles. The van der Waals surface area contributed by atoms with Crippen LogP contribution in [-0.4, -0.2) is 26.3 Å². The van der Waals surface area contributed by atoms with Crippen LogP contribution in [-0.2, 0) is 0 Å². The molecule has 3 aromatic carbocycles. The highest BCUT2D eigenvalue weighted by molar-refractivity contribution is 5.99. The molecule has 5 heteroatoms. The highest BCUT2D eigenvalue weighted by atomic mass is 16.5. The van der Waals surface area contributed by atoms with Crippen molar-refractivity contribution in [2.45, 2.75) is 0 Å². The molecule has 0 saturated carbocycles. The first-order valence-corrected chi connectivity index (χ1v) is 7.58. The average molecular weight is 321 g/mol.